The highest BCUT2D eigenvalue weighted by molar-refractivity contribution is 5.94. The number of benzene rings is 1. The normalized spacial score (nSPS) is 15.7. The van der Waals surface area contributed by atoms with Crippen LogP contribution >= 0.6 is 0 Å². The van der Waals surface area contributed by atoms with Crippen LogP contribution in [0.25, 0.3) is 0 Å². The largest absolute Gasteiger partial charge is 0.349 e. The molecule has 1 saturated heterocycles. The molecule has 1 fully saturated rings. The van der Waals surface area contributed by atoms with E-state index in [0.717, 1.165) is 37.9 Å². The van der Waals surface area contributed by atoms with E-state index in [9.17, 15) is 9.59 Å². The van der Waals surface area contributed by atoms with Crippen molar-refractivity contribution in [3.05, 3.63) is 34.9 Å². The van der Waals surface area contributed by atoms with Crippen molar-refractivity contribution in [1.82, 2.24) is 10.2 Å². The first-order chi connectivity index (χ1) is 10.5. The molecule has 1 aliphatic rings. The molecule has 0 atom stereocenters. The zero-order valence-corrected chi connectivity index (χ0v) is 13.8. The Morgan fingerprint density at radius 3 is 2.45 bits per heavy atom. The van der Waals surface area contributed by atoms with Gasteiger partial charge in [-0.1, -0.05) is 13.0 Å². The first-order valence-electron chi connectivity index (χ1n) is 8.17. The second kappa shape index (κ2) is 7.43. The van der Waals surface area contributed by atoms with Crippen LogP contribution in [0.4, 0.5) is 0 Å². The summed E-state index contributed by atoms with van der Waals surface area (Å²) in [7, 11) is 0. The monoisotopic (exact) mass is 302 g/mol. The number of rotatable bonds is 4. The number of nitrogens with zero attached hydrogens (tertiary/aromatic N) is 1. The predicted octanol–water partition coefficient (Wildman–Crippen LogP) is 2.82. The fourth-order valence-corrected chi connectivity index (χ4v) is 2.80. The van der Waals surface area contributed by atoms with Crippen molar-refractivity contribution in [2.75, 3.05) is 13.1 Å². The summed E-state index contributed by atoms with van der Waals surface area (Å²) in [4.78, 5) is 26.1. The Bertz CT molecular complexity index is 546. The molecule has 120 valence electrons. The molecule has 1 aromatic rings. The number of likely N-dealkylation sites (tertiary alicyclic amines) is 1. The van der Waals surface area contributed by atoms with E-state index in [1.165, 1.54) is 5.56 Å². The zero-order chi connectivity index (χ0) is 16.1. The minimum Gasteiger partial charge on any atom is -0.349 e. The van der Waals surface area contributed by atoms with Crippen LogP contribution in [0.2, 0.25) is 0 Å². The van der Waals surface area contributed by atoms with E-state index in [-0.39, 0.29) is 17.9 Å². The lowest BCUT2D eigenvalue weighted by molar-refractivity contribution is -0.132. The van der Waals surface area contributed by atoms with E-state index in [4.69, 9.17) is 0 Å². The maximum absolute atomic E-state index is 12.3. The summed E-state index contributed by atoms with van der Waals surface area (Å²) in [5.74, 6) is 0.225. The van der Waals surface area contributed by atoms with Crippen molar-refractivity contribution in [3.8, 4) is 0 Å². The van der Waals surface area contributed by atoms with Crippen LogP contribution in [0.3, 0.4) is 0 Å². The number of hydrogen-bond donors (Lipinski definition) is 1. The molecule has 1 aliphatic heterocycles. The van der Waals surface area contributed by atoms with E-state index in [1.54, 1.807) is 0 Å². The summed E-state index contributed by atoms with van der Waals surface area (Å²) < 4.78 is 0. The number of hydrogen-bond acceptors (Lipinski definition) is 2. The van der Waals surface area contributed by atoms with Crippen LogP contribution in [-0.4, -0.2) is 35.8 Å². The van der Waals surface area contributed by atoms with Gasteiger partial charge in [-0.25, -0.2) is 0 Å². The third-order valence-corrected chi connectivity index (χ3v) is 4.42. The van der Waals surface area contributed by atoms with Crippen molar-refractivity contribution < 1.29 is 9.59 Å². The minimum absolute atomic E-state index is 0.0126. The van der Waals surface area contributed by atoms with Crippen molar-refractivity contribution in [3.63, 3.8) is 0 Å². The maximum atomic E-state index is 12.3. The average molecular weight is 302 g/mol. The molecule has 0 bridgehead atoms. The average Bonchev–Trinajstić information content (AvgIpc) is 2.51. The highest BCUT2D eigenvalue weighted by atomic mass is 16.2. The van der Waals surface area contributed by atoms with Gasteiger partial charge in [0, 0.05) is 31.1 Å². The van der Waals surface area contributed by atoms with Crippen molar-refractivity contribution in [1.29, 1.82) is 0 Å². The van der Waals surface area contributed by atoms with Crippen molar-refractivity contribution in [2.45, 2.75) is 52.5 Å². The summed E-state index contributed by atoms with van der Waals surface area (Å²) in [6, 6.07) is 5.96. The van der Waals surface area contributed by atoms with Crippen LogP contribution in [0.15, 0.2) is 18.2 Å². The first kappa shape index (κ1) is 16.5. The molecule has 22 heavy (non-hydrogen) atoms. The van der Waals surface area contributed by atoms with E-state index < -0.39 is 0 Å². The molecule has 0 saturated carbocycles. The molecular formula is C18H26N2O2. The number of carbonyl (C=O) groups is 2. The number of amides is 2. The lowest BCUT2D eigenvalue weighted by atomic mass is 10.0. The Labute approximate surface area is 132 Å². The van der Waals surface area contributed by atoms with Crippen molar-refractivity contribution >= 4 is 11.8 Å². The molecule has 0 aromatic heterocycles. The molecular weight excluding hydrogens is 276 g/mol. The maximum Gasteiger partial charge on any atom is 0.251 e. The van der Waals surface area contributed by atoms with Gasteiger partial charge in [0.15, 0.2) is 0 Å². The van der Waals surface area contributed by atoms with E-state index in [1.807, 2.05) is 43.9 Å². The van der Waals surface area contributed by atoms with Gasteiger partial charge in [0.2, 0.25) is 5.91 Å². The van der Waals surface area contributed by atoms with Crippen LogP contribution in [0.5, 0.6) is 0 Å². The molecule has 0 spiro atoms. The van der Waals surface area contributed by atoms with Gasteiger partial charge in [-0.2, -0.15) is 0 Å². The van der Waals surface area contributed by atoms with E-state index >= 15 is 0 Å². The smallest absolute Gasteiger partial charge is 0.251 e. The third-order valence-electron chi connectivity index (χ3n) is 4.42. The van der Waals surface area contributed by atoms with Gasteiger partial charge in [0.25, 0.3) is 5.91 Å². The standard InChI is InChI=1S/C18H26N2O2/c1-4-5-17(21)20-10-8-16(9-11-20)19-18(22)15-7-6-13(2)14(3)12-15/h6-7,12,16H,4-5,8-11H2,1-3H3,(H,19,22). The lowest BCUT2D eigenvalue weighted by Gasteiger charge is -2.32. The molecule has 0 radical (unpaired) electrons. The molecule has 2 amide bonds. The topological polar surface area (TPSA) is 49.4 Å². The van der Waals surface area contributed by atoms with Gasteiger partial charge >= 0.3 is 0 Å². The number of piperidine rings is 1. The fraction of sp³-hybridized carbons (Fsp3) is 0.556. The molecule has 1 heterocycles. The molecule has 1 aromatic carbocycles. The zero-order valence-electron chi connectivity index (χ0n) is 13.8. The van der Waals surface area contributed by atoms with Gasteiger partial charge in [-0.05, 0) is 56.4 Å². The minimum atomic E-state index is -0.0126. The van der Waals surface area contributed by atoms with Gasteiger partial charge in [0.1, 0.15) is 0 Å². The number of aryl methyl sites for hydroxylation is 2. The summed E-state index contributed by atoms with van der Waals surface area (Å²) in [5.41, 5.74) is 3.04. The highest BCUT2D eigenvalue weighted by Gasteiger charge is 2.23. The SMILES string of the molecule is CCCC(=O)N1CCC(NC(=O)c2ccc(C)c(C)c2)CC1. The quantitative estimate of drug-likeness (QED) is 0.930. The van der Waals surface area contributed by atoms with Gasteiger partial charge < -0.3 is 10.2 Å². The molecule has 4 nitrogen and oxygen atoms in total. The number of carbonyl (C=O) groups excluding carboxylic acids is 2. The second-order valence-corrected chi connectivity index (χ2v) is 6.18. The predicted molar refractivity (Wildman–Crippen MR) is 87.9 cm³/mol. The molecule has 0 unspecified atom stereocenters. The highest BCUT2D eigenvalue weighted by Crippen LogP contribution is 2.14. The Morgan fingerprint density at radius 2 is 1.86 bits per heavy atom. The first-order valence-corrected chi connectivity index (χ1v) is 8.17. The summed E-state index contributed by atoms with van der Waals surface area (Å²) >= 11 is 0. The van der Waals surface area contributed by atoms with E-state index in [0.29, 0.717) is 12.0 Å². The third kappa shape index (κ3) is 4.09. The molecule has 0 aliphatic carbocycles. The lowest BCUT2D eigenvalue weighted by Crippen LogP contribution is -2.46. The fourth-order valence-electron chi connectivity index (χ4n) is 2.80. The van der Waals surface area contributed by atoms with Gasteiger partial charge in [-0.15, -0.1) is 0 Å². The Morgan fingerprint density at radius 1 is 1.18 bits per heavy atom. The molecule has 1 N–H and O–H groups in total. The van der Waals surface area contributed by atoms with Gasteiger partial charge in [0.05, 0.1) is 0 Å². The molecule has 2 rings (SSSR count). The van der Waals surface area contributed by atoms with Crippen LogP contribution in [-0.2, 0) is 4.79 Å². The Balaban J connectivity index is 1.86. The summed E-state index contributed by atoms with van der Waals surface area (Å²) in [6.45, 7) is 7.58. The second-order valence-electron chi connectivity index (χ2n) is 6.18. The molecule has 4 heteroatoms. The Kier molecular flexibility index (Phi) is 5.58. The van der Waals surface area contributed by atoms with Crippen LogP contribution < -0.4 is 5.32 Å². The Hall–Kier alpha value is -1.84. The summed E-state index contributed by atoms with van der Waals surface area (Å²) in [5, 5.41) is 3.10. The van der Waals surface area contributed by atoms with Gasteiger partial charge in [-0.3, -0.25) is 9.59 Å². The van der Waals surface area contributed by atoms with Crippen molar-refractivity contribution in [2.24, 2.45) is 0 Å². The van der Waals surface area contributed by atoms with Crippen LogP contribution in [0.1, 0.15) is 54.1 Å². The van der Waals surface area contributed by atoms with E-state index in [2.05, 4.69) is 5.32 Å². The number of nitrogens with one attached hydrogen (secondary N) is 1. The van der Waals surface area contributed by atoms with Crippen LogP contribution in [0, 0.1) is 13.8 Å². The summed E-state index contributed by atoms with van der Waals surface area (Å²) in [6.07, 6.45) is 3.19.